The Morgan fingerprint density at radius 1 is 1.26 bits per heavy atom. The molecule has 0 radical (unpaired) electrons. The molecule has 5 heteroatoms. The van der Waals surface area contributed by atoms with Crippen molar-refractivity contribution >= 4 is 0 Å². The van der Waals surface area contributed by atoms with Crippen LogP contribution in [0.15, 0.2) is 18.2 Å². The van der Waals surface area contributed by atoms with Crippen LogP contribution in [0.2, 0.25) is 0 Å². The Bertz CT molecular complexity index is 360. The molecule has 1 aromatic heterocycles. The molecule has 0 amide bonds. The summed E-state index contributed by atoms with van der Waals surface area (Å²) in [5, 5.41) is 0. The van der Waals surface area contributed by atoms with E-state index in [2.05, 4.69) is 16.8 Å². The molecule has 0 fully saturated rings. The van der Waals surface area contributed by atoms with Crippen molar-refractivity contribution in [1.82, 2.24) is 9.88 Å². The minimum absolute atomic E-state index is 0.323. The van der Waals surface area contributed by atoms with Crippen LogP contribution in [-0.4, -0.2) is 49.9 Å². The first-order valence-corrected chi connectivity index (χ1v) is 6.58. The maximum Gasteiger partial charge on any atom is 0.0615 e. The van der Waals surface area contributed by atoms with Gasteiger partial charge in [-0.15, -0.1) is 0 Å². The largest absolute Gasteiger partial charge is 0.383 e. The summed E-state index contributed by atoms with van der Waals surface area (Å²) in [7, 11) is 3.44. The summed E-state index contributed by atoms with van der Waals surface area (Å²) in [6.45, 7) is 5.65. The van der Waals surface area contributed by atoms with Crippen LogP contribution >= 0.6 is 0 Å². The van der Waals surface area contributed by atoms with Gasteiger partial charge in [0.05, 0.1) is 24.6 Å². The fourth-order valence-electron chi connectivity index (χ4n) is 1.95. The van der Waals surface area contributed by atoms with E-state index >= 15 is 0 Å². The lowest BCUT2D eigenvalue weighted by Crippen LogP contribution is -2.38. The molecule has 5 nitrogen and oxygen atoms in total. The molecule has 108 valence electrons. The Kier molecular flexibility index (Phi) is 7.59. The first-order valence-electron chi connectivity index (χ1n) is 6.58. The quantitative estimate of drug-likeness (QED) is 0.724. The fraction of sp³-hybridized carbons (Fsp3) is 0.643. The van der Waals surface area contributed by atoms with Crippen molar-refractivity contribution in [2.75, 3.05) is 34.0 Å². The van der Waals surface area contributed by atoms with Gasteiger partial charge in [-0.1, -0.05) is 6.07 Å². The van der Waals surface area contributed by atoms with Gasteiger partial charge in [-0.2, -0.15) is 0 Å². The van der Waals surface area contributed by atoms with Crippen molar-refractivity contribution in [3.63, 3.8) is 0 Å². The maximum absolute atomic E-state index is 5.62. The van der Waals surface area contributed by atoms with E-state index in [9.17, 15) is 0 Å². The van der Waals surface area contributed by atoms with Crippen LogP contribution < -0.4 is 5.73 Å². The molecular formula is C14H25N3O2. The van der Waals surface area contributed by atoms with E-state index in [1.165, 1.54) is 0 Å². The van der Waals surface area contributed by atoms with Gasteiger partial charge in [0.15, 0.2) is 0 Å². The van der Waals surface area contributed by atoms with Crippen molar-refractivity contribution in [3.05, 3.63) is 29.6 Å². The summed E-state index contributed by atoms with van der Waals surface area (Å²) in [5.41, 5.74) is 7.57. The van der Waals surface area contributed by atoms with Gasteiger partial charge in [0.1, 0.15) is 0 Å². The highest BCUT2D eigenvalue weighted by molar-refractivity contribution is 5.11. The zero-order valence-electron chi connectivity index (χ0n) is 12.1. The topological polar surface area (TPSA) is 60.6 Å². The SMILES string of the molecule is COCCN(Cc1cccc(CN)n1)C(C)COC. The van der Waals surface area contributed by atoms with Crippen LogP contribution in [0.25, 0.3) is 0 Å². The number of nitrogens with zero attached hydrogens (tertiary/aromatic N) is 2. The number of pyridine rings is 1. The molecular weight excluding hydrogens is 242 g/mol. The smallest absolute Gasteiger partial charge is 0.0615 e. The van der Waals surface area contributed by atoms with Gasteiger partial charge in [0, 0.05) is 39.9 Å². The molecule has 0 saturated carbocycles. The molecule has 19 heavy (non-hydrogen) atoms. The first-order chi connectivity index (χ1) is 9.21. The molecule has 0 saturated heterocycles. The second kappa shape index (κ2) is 8.98. The highest BCUT2D eigenvalue weighted by Gasteiger charge is 2.14. The first kappa shape index (κ1) is 16.0. The highest BCUT2D eigenvalue weighted by Crippen LogP contribution is 2.08. The van der Waals surface area contributed by atoms with Crippen molar-refractivity contribution in [2.45, 2.75) is 26.1 Å². The minimum Gasteiger partial charge on any atom is -0.383 e. The van der Waals surface area contributed by atoms with Gasteiger partial charge >= 0.3 is 0 Å². The van der Waals surface area contributed by atoms with Gasteiger partial charge in [-0.3, -0.25) is 9.88 Å². The number of aromatic nitrogens is 1. The van der Waals surface area contributed by atoms with Crippen LogP contribution in [0.1, 0.15) is 18.3 Å². The predicted molar refractivity (Wildman–Crippen MR) is 75.8 cm³/mol. The Labute approximate surface area is 115 Å². The third-order valence-electron chi connectivity index (χ3n) is 3.05. The Hall–Kier alpha value is -1.01. The lowest BCUT2D eigenvalue weighted by Gasteiger charge is -2.28. The van der Waals surface area contributed by atoms with Crippen LogP contribution in [0, 0.1) is 0 Å². The second-order valence-corrected chi connectivity index (χ2v) is 4.59. The van der Waals surface area contributed by atoms with Crippen molar-refractivity contribution in [1.29, 1.82) is 0 Å². The van der Waals surface area contributed by atoms with Crippen molar-refractivity contribution < 1.29 is 9.47 Å². The summed E-state index contributed by atoms with van der Waals surface area (Å²) < 4.78 is 10.4. The van der Waals surface area contributed by atoms with E-state index in [1.807, 2.05) is 18.2 Å². The van der Waals surface area contributed by atoms with Gasteiger partial charge in [-0.25, -0.2) is 0 Å². The third-order valence-corrected chi connectivity index (χ3v) is 3.05. The number of nitrogens with two attached hydrogens (primary N) is 1. The average molecular weight is 267 g/mol. The van der Waals surface area contributed by atoms with E-state index in [0.717, 1.165) is 24.5 Å². The van der Waals surface area contributed by atoms with E-state index in [4.69, 9.17) is 15.2 Å². The second-order valence-electron chi connectivity index (χ2n) is 4.59. The van der Waals surface area contributed by atoms with Gasteiger partial charge < -0.3 is 15.2 Å². The lowest BCUT2D eigenvalue weighted by molar-refractivity contribution is 0.0697. The number of ether oxygens (including phenoxy) is 2. The van der Waals surface area contributed by atoms with E-state index < -0.39 is 0 Å². The molecule has 0 spiro atoms. The molecule has 0 aliphatic carbocycles. The average Bonchev–Trinajstić information content (AvgIpc) is 2.43. The van der Waals surface area contributed by atoms with Crippen molar-refractivity contribution in [2.24, 2.45) is 5.73 Å². The minimum atomic E-state index is 0.323. The molecule has 0 aliphatic rings. The molecule has 1 atom stereocenters. The highest BCUT2D eigenvalue weighted by atomic mass is 16.5. The number of methoxy groups -OCH3 is 2. The lowest BCUT2D eigenvalue weighted by atomic mass is 10.2. The van der Waals surface area contributed by atoms with Gasteiger partial charge in [0.2, 0.25) is 0 Å². The number of hydrogen-bond acceptors (Lipinski definition) is 5. The molecule has 1 aromatic rings. The van der Waals surface area contributed by atoms with Crippen LogP contribution in [0.4, 0.5) is 0 Å². The summed E-state index contributed by atoms with van der Waals surface area (Å²) in [4.78, 5) is 6.83. The van der Waals surface area contributed by atoms with E-state index in [1.54, 1.807) is 14.2 Å². The summed E-state index contributed by atoms with van der Waals surface area (Å²) in [6.07, 6.45) is 0. The third kappa shape index (κ3) is 5.65. The summed E-state index contributed by atoms with van der Waals surface area (Å²) in [5.74, 6) is 0. The maximum atomic E-state index is 5.62. The zero-order valence-corrected chi connectivity index (χ0v) is 12.1. The molecule has 1 unspecified atom stereocenters. The number of rotatable bonds is 9. The van der Waals surface area contributed by atoms with Crippen molar-refractivity contribution in [3.8, 4) is 0 Å². The molecule has 0 aliphatic heterocycles. The fourth-order valence-corrected chi connectivity index (χ4v) is 1.95. The molecule has 0 aromatic carbocycles. The Balaban J connectivity index is 2.68. The van der Waals surface area contributed by atoms with E-state index in [0.29, 0.717) is 25.8 Å². The van der Waals surface area contributed by atoms with E-state index in [-0.39, 0.29) is 0 Å². The molecule has 1 rings (SSSR count). The molecule has 2 N–H and O–H groups in total. The molecule has 0 bridgehead atoms. The summed E-state index contributed by atoms with van der Waals surface area (Å²) >= 11 is 0. The Morgan fingerprint density at radius 3 is 2.63 bits per heavy atom. The monoisotopic (exact) mass is 267 g/mol. The van der Waals surface area contributed by atoms with Crippen LogP contribution in [-0.2, 0) is 22.6 Å². The molecule has 1 heterocycles. The van der Waals surface area contributed by atoms with Gasteiger partial charge in [0.25, 0.3) is 0 Å². The Morgan fingerprint density at radius 2 is 2.00 bits per heavy atom. The normalized spacial score (nSPS) is 12.9. The standard InChI is InChI=1S/C14H25N3O2/c1-12(11-19-3)17(7-8-18-2)10-14-6-4-5-13(9-15)16-14/h4-6,12H,7-11,15H2,1-3H3. The number of hydrogen-bond donors (Lipinski definition) is 1. The summed E-state index contributed by atoms with van der Waals surface area (Å²) in [6, 6.07) is 6.29. The van der Waals surface area contributed by atoms with Gasteiger partial charge in [-0.05, 0) is 19.1 Å². The van der Waals surface area contributed by atoms with Crippen LogP contribution in [0.3, 0.4) is 0 Å². The van der Waals surface area contributed by atoms with Crippen LogP contribution in [0.5, 0.6) is 0 Å². The predicted octanol–water partition coefficient (Wildman–Crippen LogP) is 1.02. The zero-order chi connectivity index (χ0) is 14.1.